The molecule has 134 valence electrons. The second-order valence-electron chi connectivity index (χ2n) is 4.87. The zero-order valence-electron chi connectivity index (χ0n) is 12.9. The smallest absolute Gasteiger partial charge is 0.329 e. The Morgan fingerprint density at radius 3 is 2.35 bits per heavy atom. The fourth-order valence-electron chi connectivity index (χ4n) is 1.80. The van der Waals surface area contributed by atoms with Crippen LogP contribution in [-0.4, -0.2) is 38.3 Å². The highest BCUT2D eigenvalue weighted by atomic mass is 16.6. The van der Waals surface area contributed by atoms with Crippen LogP contribution in [0.4, 0.5) is 11.4 Å². The molecule has 0 atom stereocenters. The van der Waals surface area contributed by atoms with E-state index in [4.69, 9.17) is 0 Å². The van der Waals surface area contributed by atoms with Crippen LogP contribution < -0.4 is 10.7 Å². The van der Waals surface area contributed by atoms with E-state index in [2.05, 4.69) is 10.4 Å². The second kappa shape index (κ2) is 7.61. The van der Waals surface area contributed by atoms with Gasteiger partial charge in [0.15, 0.2) is 17.2 Å². The fraction of sp³-hybridized carbons (Fsp3) is 0. The largest absolute Gasteiger partial charge is 0.504 e. The number of hydrogen-bond donors (Lipinski definition) is 5. The number of benzene rings is 2. The average Bonchev–Trinajstić information content (AvgIpc) is 2.59. The van der Waals surface area contributed by atoms with Gasteiger partial charge in [-0.2, -0.15) is 5.10 Å². The van der Waals surface area contributed by atoms with Crippen molar-refractivity contribution in [2.45, 2.75) is 0 Å². The van der Waals surface area contributed by atoms with E-state index in [0.29, 0.717) is 0 Å². The standard InChI is InChI=1S/C15H12N4O7/c20-11-4-8(5-12(21)13(11)22)7-16-18-15(24)14(23)17-9-2-1-3-10(6-9)19(25)26/h1-7,20-22H,(H,17,23)(H,18,24)/b16-7+. The molecule has 0 saturated heterocycles. The van der Waals surface area contributed by atoms with E-state index < -0.39 is 34.0 Å². The SMILES string of the molecule is O=C(N/N=C/c1cc(O)c(O)c(O)c1)C(=O)Nc1cccc([N+](=O)[O-])c1. The van der Waals surface area contributed by atoms with Crippen LogP contribution in [-0.2, 0) is 9.59 Å². The Balaban J connectivity index is 1.98. The van der Waals surface area contributed by atoms with E-state index in [1.54, 1.807) is 0 Å². The first kappa shape index (κ1) is 18.2. The van der Waals surface area contributed by atoms with Crippen molar-refractivity contribution in [3.8, 4) is 17.2 Å². The summed E-state index contributed by atoms with van der Waals surface area (Å²) in [6, 6.07) is 7.14. The van der Waals surface area contributed by atoms with Gasteiger partial charge in [-0.3, -0.25) is 19.7 Å². The number of non-ortho nitro benzene ring substituents is 1. The third-order valence-electron chi connectivity index (χ3n) is 2.99. The molecule has 0 aliphatic rings. The van der Waals surface area contributed by atoms with Gasteiger partial charge in [0.1, 0.15) is 0 Å². The van der Waals surface area contributed by atoms with Crippen LogP contribution in [0.3, 0.4) is 0 Å². The maximum Gasteiger partial charge on any atom is 0.329 e. The van der Waals surface area contributed by atoms with Gasteiger partial charge in [0.25, 0.3) is 5.69 Å². The Morgan fingerprint density at radius 2 is 1.73 bits per heavy atom. The second-order valence-corrected chi connectivity index (χ2v) is 4.87. The lowest BCUT2D eigenvalue weighted by Crippen LogP contribution is -2.32. The summed E-state index contributed by atoms with van der Waals surface area (Å²) in [5.74, 6) is -4.16. The number of phenolic OH excluding ortho intramolecular Hbond substituents is 3. The van der Waals surface area contributed by atoms with Crippen molar-refractivity contribution in [2.24, 2.45) is 5.10 Å². The van der Waals surface area contributed by atoms with Crippen molar-refractivity contribution >= 4 is 29.4 Å². The summed E-state index contributed by atoms with van der Waals surface area (Å²) in [6.45, 7) is 0. The number of aromatic hydroxyl groups is 3. The Bertz CT molecular complexity index is 888. The van der Waals surface area contributed by atoms with Crippen molar-refractivity contribution < 1.29 is 29.8 Å². The number of hydrazone groups is 1. The van der Waals surface area contributed by atoms with E-state index in [9.17, 15) is 35.0 Å². The lowest BCUT2D eigenvalue weighted by atomic mass is 10.2. The number of hydrogen-bond acceptors (Lipinski definition) is 8. The van der Waals surface area contributed by atoms with Gasteiger partial charge in [0.2, 0.25) is 0 Å². The molecule has 0 unspecified atom stereocenters. The molecular formula is C15H12N4O7. The highest BCUT2D eigenvalue weighted by molar-refractivity contribution is 6.39. The summed E-state index contributed by atoms with van der Waals surface area (Å²) in [6.07, 6.45) is 1.01. The first-order chi connectivity index (χ1) is 12.3. The number of nitro benzene ring substituents is 1. The topological polar surface area (TPSA) is 174 Å². The van der Waals surface area contributed by atoms with Crippen LogP contribution in [0.5, 0.6) is 17.2 Å². The molecule has 0 aromatic heterocycles. The summed E-state index contributed by atoms with van der Waals surface area (Å²) >= 11 is 0. The summed E-state index contributed by atoms with van der Waals surface area (Å²) in [7, 11) is 0. The molecule has 0 heterocycles. The molecule has 0 spiro atoms. The number of nitrogens with one attached hydrogen (secondary N) is 2. The van der Waals surface area contributed by atoms with Gasteiger partial charge in [0, 0.05) is 23.4 Å². The molecule has 2 aromatic carbocycles. The number of phenols is 3. The normalized spacial score (nSPS) is 10.5. The van der Waals surface area contributed by atoms with E-state index in [-0.39, 0.29) is 16.9 Å². The predicted molar refractivity (Wildman–Crippen MR) is 88.9 cm³/mol. The number of anilines is 1. The van der Waals surface area contributed by atoms with Crippen LogP contribution >= 0.6 is 0 Å². The van der Waals surface area contributed by atoms with Crippen LogP contribution in [0, 0.1) is 10.1 Å². The molecule has 0 fully saturated rings. The first-order valence-corrected chi connectivity index (χ1v) is 6.91. The number of amides is 2. The maximum absolute atomic E-state index is 11.7. The van der Waals surface area contributed by atoms with Gasteiger partial charge in [-0.15, -0.1) is 0 Å². The minimum Gasteiger partial charge on any atom is -0.504 e. The van der Waals surface area contributed by atoms with E-state index >= 15 is 0 Å². The van der Waals surface area contributed by atoms with E-state index in [1.807, 2.05) is 5.43 Å². The molecule has 11 nitrogen and oxygen atoms in total. The molecular weight excluding hydrogens is 348 g/mol. The Morgan fingerprint density at radius 1 is 1.08 bits per heavy atom. The monoisotopic (exact) mass is 360 g/mol. The highest BCUT2D eigenvalue weighted by Gasteiger charge is 2.14. The molecule has 5 N–H and O–H groups in total. The number of carbonyl (C=O) groups is 2. The molecule has 2 amide bonds. The highest BCUT2D eigenvalue weighted by Crippen LogP contribution is 2.34. The Kier molecular flexibility index (Phi) is 5.33. The number of nitro groups is 1. The van der Waals surface area contributed by atoms with Gasteiger partial charge in [0.05, 0.1) is 11.1 Å². The first-order valence-electron chi connectivity index (χ1n) is 6.91. The Hall–Kier alpha value is -4.15. The van der Waals surface area contributed by atoms with Crippen molar-refractivity contribution in [3.63, 3.8) is 0 Å². The van der Waals surface area contributed by atoms with Crippen molar-refractivity contribution in [3.05, 3.63) is 52.1 Å². The minimum absolute atomic E-state index is 0.0525. The summed E-state index contributed by atoms with van der Waals surface area (Å²) in [4.78, 5) is 33.4. The van der Waals surface area contributed by atoms with Gasteiger partial charge in [-0.05, 0) is 18.2 Å². The maximum atomic E-state index is 11.7. The lowest BCUT2D eigenvalue weighted by Gasteiger charge is -2.04. The lowest BCUT2D eigenvalue weighted by molar-refractivity contribution is -0.384. The molecule has 2 rings (SSSR count). The molecule has 0 aliphatic carbocycles. The molecule has 0 radical (unpaired) electrons. The summed E-state index contributed by atoms with van der Waals surface area (Å²) in [5, 5.41) is 44.2. The number of nitrogens with zero attached hydrogens (tertiary/aromatic N) is 2. The fourth-order valence-corrected chi connectivity index (χ4v) is 1.80. The number of rotatable bonds is 4. The van der Waals surface area contributed by atoms with Crippen LogP contribution in [0.25, 0.3) is 0 Å². The van der Waals surface area contributed by atoms with Crippen LogP contribution in [0.1, 0.15) is 5.56 Å². The van der Waals surface area contributed by atoms with Gasteiger partial charge >= 0.3 is 11.8 Å². The molecule has 26 heavy (non-hydrogen) atoms. The number of carbonyl (C=O) groups excluding carboxylic acids is 2. The third-order valence-corrected chi connectivity index (χ3v) is 2.99. The van der Waals surface area contributed by atoms with Crippen molar-refractivity contribution in [1.29, 1.82) is 0 Å². The zero-order chi connectivity index (χ0) is 19.3. The van der Waals surface area contributed by atoms with Crippen molar-refractivity contribution in [1.82, 2.24) is 5.43 Å². The Labute approximate surface area is 145 Å². The van der Waals surface area contributed by atoms with Gasteiger partial charge in [-0.1, -0.05) is 6.07 Å². The van der Waals surface area contributed by atoms with E-state index in [0.717, 1.165) is 24.4 Å². The average molecular weight is 360 g/mol. The molecule has 2 aromatic rings. The van der Waals surface area contributed by atoms with Crippen LogP contribution in [0.2, 0.25) is 0 Å². The summed E-state index contributed by atoms with van der Waals surface area (Å²) < 4.78 is 0. The van der Waals surface area contributed by atoms with Gasteiger partial charge < -0.3 is 20.6 Å². The van der Waals surface area contributed by atoms with Crippen molar-refractivity contribution in [2.75, 3.05) is 5.32 Å². The minimum atomic E-state index is -1.15. The molecule has 11 heteroatoms. The van der Waals surface area contributed by atoms with Crippen LogP contribution in [0.15, 0.2) is 41.5 Å². The zero-order valence-corrected chi connectivity index (χ0v) is 12.9. The van der Waals surface area contributed by atoms with Gasteiger partial charge in [-0.25, -0.2) is 5.43 Å². The molecule has 0 bridgehead atoms. The third kappa shape index (κ3) is 4.44. The quantitative estimate of drug-likeness (QED) is 0.176. The summed E-state index contributed by atoms with van der Waals surface area (Å²) in [5.41, 5.74) is 1.83. The van der Waals surface area contributed by atoms with E-state index in [1.165, 1.54) is 18.2 Å². The predicted octanol–water partition coefficient (Wildman–Crippen LogP) is 0.800. The molecule has 0 saturated carbocycles. The molecule has 0 aliphatic heterocycles.